The fraction of sp³-hybridized carbons (Fsp3) is 0.818. The molecular weight excluding hydrogens is 242 g/mol. The van der Waals surface area contributed by atoms with Crippen molar-refractivity contribution in [2.45, 2.75) is 33.7 Å². The molecule has 2 amide bonds. The predicted molar refractivity (Wildman–Crippen MR) is 68.8 cm³/mol. The zero-order chi connectivity index (χ0) is 12.6. The average molecular weight is 264 g/mol. The Morgan fingerprint density at radius 3 is 1.94 bits per heavy atom. The van der Waals surface area contributed by atoms with E-state index in [4.69, 9.17) is 5.73 Å². The molecule has 0 unspecified atom stereocenters. The molecule has 5 nitrogen and oxygen atoms in total. The van der Waals surface area contributed by atoms with E-state index in [2.05, 4.69) is 38.3 Å². The third-order valence-electron chi connectivity index (χ3n) is 3.96. The van der Waals surface area contributed by atoms with Gasteiger partial charge in [-0.15, -0.1) is 12.4 Å². The van der Waals surface area contributed by atoms with Crippen LogP contribution in [-0.2, 0) is 9.59 Å². The van der Waals surface area contributed by atoms with Crippen molar-refractivity contribution >= 4 is 24.2 Å². The van der Waals surface area contributed by atoms with Crippen LogP contribution >= 0.6 is 12.4 Å². The molecule has 1 aliphatic rings. The van der Waals surface area contributed by atoms with Crippen LogP contribution in [-0.4, -0.2) is 30.9 Å². The maximum absolute atomic E-state index is 11.5. The fourth-order valence-electron chi connectivity index (χ4n) is 2.02. The SMILES string of the molecule is CC1(C)C(NC(=O)CNC(=O)CN)C1(C)C.Cl. The second-order valence-corrected chi connectivity index (χ2v) is 5.42. The molecule has 1 saturated carbocycles. The van der Waals surface area contributed by atoms with Crippen LogP contribution in [0.1, 0.15) is 27.7 Å². The molecule has 1 rings (SSSR count). The summed E-state index contributed by atoms with van der Waals surface area (Å²) in [7, 11) is 0. The molecule has 0 radical (unpaired) electrons. The monoisotopic (exact) mass is 263 g/mol. The molecule has 0 aliphatic heterocycles. The lowest BCUT2D eigenvalue weighted by Gasteiger charge is -2.07. The fourth-order valence-corrected chi connectivity index (χ4v) is 2.02. The summed E-state index contributed by atoms with van der Waals surface area (Å²) in [5.41, 5.74) is 5.34. The molecule has 6 heteroatoms. The summed E-state index contributed by atoms with van der Waals surface area (Å²) in [4.78, 5) is 22.4. The van der Waals surface area contributed by atoms with Crippen LogP contribution in [0.25, 0.3) is 0 Å². The molecule has 100 valence electrons. The van der Waals surface area contributed by atoms with Crippen molar-refractivity contribution in [2.75, 3.05) is 13.1 Å². The zero-order valence-electron chi connectivity index (χ0n) is 10.8. The Labute approximate surface area is 108 Å². The Balaban J connectivity index is 0.00000256. The van der Waals surface area contributed by atoms with E-state index in [1.165, 1.54) is 0 Å². The van der Waals surface area contributed by atoms with Crippen molar-refractivity contribution in [3.05, 3.63) is 0 Å². The van der Waals surface area contributed by atoms with E-state index in [1.807, 2.05) is 0 Å². The minimum Gasteiger partial charge on any atom is -0.351 e. The first-order chi connectivity index (χ1) is 7.23. The lowest BCUT2D eigenvalue weighted by molar-refractivity contribution is -0.125. The molecule has 17 heavy (non-hydrogen) atoms. The lowest BCUT2D eigenvalue weighted by atomic mass is 10.0. The smallest absolute Gasteiger partial charge is 0.239 e. The van der Waals surface area contributed by atoms with E-state index in [0.717, 1.165) is 0 Å². The Morgan fingerprint density at radius 2 is 1.59 bits per heavy atom. The molecule has 0 heterocycles. The number of rotatable bonds is 4. The minimum absolute atomic E-state index is 0. The highest BCUT2D eigenvalue weighted by molar-refractivity contribution is 5.86. The van der Waals surface area contributed by atoms with Crippen molar-refractivity contribution in [1.82, 2.24) is 10.6 Å². The van der Waals surface area contributed by atoms with Crippen LogP contribution in [0.5, 0.6) is 0 Å². The van der Waals surface area contributed by atoms with Gasteiger partial charge in [-0.3, -0.25) is 9.59 Å². The summed E-state index contributed by atoms with van der Waals surface area (Å²) in [6.07, 6.45) is 0. The zero-order valence-corrected chi connectivity index (χ0v) is 11.6. The second kappa shape index (κ2) is 5.23. The van der Waals surface area contributed by atoms with Crippen molar-refractivity contribution in [1.29, 1.82) is 0 Å². The number of carbonyl (C=O) groups is 2. The van der Waals surface area contributed by atoms with Gasteiger partial charge < -0.3 is 16.4 Å². The number of nitrogens with one attached hydrogen (secondary N) is 2. The topological polar surface area (TPSA) is 84.2 Å². The first kappa shape index (κ1) is 16.2. The standard InChI is InChI=1S/C11H21N3O2.ClH/c1-10(2)9(11(10,3)4)14-8(16)6-13-7(15)5-12;/h9H,5-6,12H2,1-4H3,(H,13,15)(H,14,16);1H. The summed E-state index contributed by atoms with van der Waals surface area (Å²) in [5, 5.41) is 5.36. The Kier molecular flexibility index (Phi) is 4.98. The largest absolute Gasteiger partial charge is 0.351 e. The molecule has 0 saturated heterocycles. The van der Waals surface area contributed by atoms with Crippen molar-refractivity contribution < 1.29 is 9.59 Å². The molecule has 0 aromatic carbocycles. The number of carbonyl (C=O) groups excluding carboxylic acids is 2. The van der Waals surface area contributed by atoms with Gasteiger partial charge in [0, 0.05) is 6.04 Å². The average Bonchev–Trinajstić information content (AvgIpc) is 2.57. The van der Waals surface area contributed by atoms with E-state index < -0.39 is 0 Å². The highest BCUT2D eigenvalue weighted by Gasteiger charge is 2.65. The van der Waals surface area contributed by atoms with E-state index in [1.54, 1.807) is 0 Å². The van der Waals surface area contributed by atoms with Crippen molar-refractivity contribution in [2.24, 2.45) is 16.6 Å². The molecule has 1 aliphatic carbocycles. The summed E-state index contributed by atoms with van der Waals surface area (Å²) in [6, 6.07) is 0.169. The van der Waals surface area contributed by atoms with Crippen LogP contribution in [0, 0.1) is 10.8 Å². The maximum atomic E-state index is 11.5. The normalized spacial score (nSPS) is 20.1. The van der Waals surface area contributed by atoms with E-state index in [0.29, 0.717) is 0 Å². The first-order valence-corrected chi connectivity index (χ1v) is 5.49. The van der Waals surface area contributed by atoms with E-state index >= 15 is 0 Å². The van der Waals surface area contributed by atoms with E-state index in [-0.39, 0.29) is 54.2 Å². The van der Waals surface area contributed by atoms with Gasteiger partial charge in [0.2, 0.25) is 11.8 Å². The van der Waals surface area contributed by atoms with Gasteiger partial charge >= 0.3 is 0 Å². The number of hydrogen-bond acceptors (Lipinski definition) is 3. The third-order valence-corrected chi connectivity index (χ3v) is 3.96. The number of nitrogens with two attached hydrogens (primary N) is 1. The quantitative estimate of drug-likeness (QED) is 0.669. The molecular formula is C11H22ClN3O2. The van der Waals surface area contributed by atoms with Gasteiger partial charge in [0.15, 0.2) is 0 Å². The lowest BCUT2D eigenvalue weighted by Crippen LogP contribution is -2.41. The number of halogens is 1. The molecule has 0 aromatic rings. The van der Waals surface area contributed by atoms with Crippen LogP contribution in [0.3, 0.4) is 0 Å². The summed E-state index contributed by atoms with van der Waals surface area (Å²) in [5.74, 6) is -0.477. The van der Waals surface area contributed by atoms with Crippen LogP contribution in [0.15, 0.2) is 0 Å². The Hall–Kier alpha value is -0.810. The van der Waals surface area contributed by atoms with Gasteiger partial charge in [-0.05, 0) is 10.8 Å². The summed E-state index contributed by atoms with van der Waals surface area (Å²) in [6.45, 7) is 8.39. The van der Waals surface area contributed by atoms with Gasteiger partial charge in [0.1, 0.15) is 0 Å². The minimum atomic E-state index is -0.315. The highest BCUT2D eigenvalue weighted by atomic mass is 35.5. The molecule has 0 spiro atoms. The predicted octanol–water partition coefficient (Wildman–Crippen LogP) is 0.0339. The Bertz CT molecular complexity index is 302. The van der Waals surface area contributed by atoms with Crippen LogP contribution in [0.2, 0.25) is 0 Å². The van der Waals surface area contributed by atoms with E-state index in [9.17, 15) is 9.59 Å². The van der Waals surface area contributed by atoms with Gasteiger partial charge in [-0.1, -0.05) is 27.7 Å². The van der Waals surface area contributed by atoms with Crippen molar-refractivity contribution in [3.63, 3.8) is 0 Å². The molecule has 1 fully saturated rings. The van der Waals surface area contributed by atoms with Crippen LogP contribution in [0.4, 0.5) is 0 Å². The van der Waals surface area contributed by atoms with Gasteiger partial charge in [-0.2, -0.15) is 0 Å². The van der Waals surface area contributed by atoms with Gasteiger partial charge in [-0.25, -0.2) is 0 Å². The second-order valence-electron chi connectivity index (χ2n) is 5.42. The number of hydrogen-bond donors (Lipinski definition) is 3. The molecule has 0 atom stereocenters. The Morgan fingerprint density at radius 1 is 1.12 bits per heavy atom. The molecule has 4 N–H and O–H groups in total. The highest BCUT2D eigenvalue weighted by Crippen LogP contribution is 2.62. The maximum Gasteiger partial charge on any atom is 0.239 e. The first-order valence-electron chi connectivity index (χ1n) is 5.49. The summed E-state index contributed by atoms with van der Waals surface area (Å²) < 4.78 is 0. The van der Waals surface area contributed by atoms with Gasteiger partial charge in [0.05, 0.1) is 13.1 Å². The molecule has 0 bridgehead atoms. The van der Waals surface area contributed by atoms with Gasteiger partial charge in [0.25, 0.3) is 0 Å². The summed E-state index contributed by atoms with van der Waals surface area (Å²) >= 11 is 0. The van der Waals surface area contributed by atoms with Crippen molar-refractivity contribution in [3.8, 4) is 0 Å². The number of amides is 2. The third kappa shape index (κ3) is 3.10. The molecule has 0 aromatic heterocycles. The van der Waals surface area contributed by atoms with Crippen LogP contribution < -0.4 is 16.4 Å².